The van der Waals surface area contributed by atoms with E-state index in [0.29, 0.717) is 5.02 Å². The van der Waals surface area contributed by atoms with Gasteiger partial charge in [-0.1, -0.05) is 54.1 Å². The molecule has 4 N–H and O–H groups in total. The molecular weight excluding hydrogens is 314 g/mol. The predicted molar refractivity (Wildman–Crippen MR) is 89.9 cm³/mol. The summed E-state index contributed by atoms with van der Waals surface area (Å²) in [6.07, 6.45) is 0. The van der Waals surface area contributed by atoms with Crippen LogP contribution in [0.15, 0.2) is 54.6 Å². The van der Waals surface area contributed by atoms with Crippen LogP contribution in [0.4, 0.5) is 4.79 Å². The molecule has 23 heavy (non-hydrogen) atoms. The molecule has 0 saturated carbocycles. The highest BCUT2D eigenvalue weighted by molar-refractivity contribution is 6.30. The molecule has 0 aliphatic carbocycles. The quantitative estimate of drug-likeness (QED) is 0.787. The Kier molecular flexibility index (Phi) is 5.73. The lowest BCUT2D eigenvalue weighted by Gasteiger charge is -2.23. The number of nitrogens with one attached hydrogen (secondary N) is 2. The normalized spacial score (nSPS) is 13.1. The summed E-state index contributed by atoms with van der Waals surface area (Å²) in [5.74, 6) is -0.496. The summed E-state index contributed by atoms with van der Waals surface area (Å²) >= 11 is 5.89. The highest BCUT2D eigenvalue weighted by Gasteiger charge is 2.23. The van der Waals surface area contributed by atoms with Crippen molar-refractivity contribution in [3.63, 3.8) is 0 Å². The Hall–Kier alpha value is -2.37. The maximum Gasteiger partial charge on any atom is 0.318 e. The first-order valence-corrected chi connectivity index (χ1v) is 7.52. The van der Waals surface area contributed by atoms with E-state index in [-0.39, 0.29) is 6.04 Å². The summed E-state index contributed by atoms with van der Waals surface area (Å²) in [6.45, 7) is 1.93. The van der Waals surface area contributed by atoms with E-state index in [9.17, 15) is 9.59 Å². The third kappa shape index (κ3) is 4.81. The van der Waals surface area contributed by atoms with Crippen LogP contribution in [0.2, 0.25) is 5.02 Å². The number of benzene rings is 2. The molecule has 2 atom stereocenters. The number of hydrogen-bond acceptors (Lipinski definition) is 3. The number of hydrogen-bond donors (Lipinski definition) is 3. The third-order valence-corrected chi connectivity index (χ3v) is 3.68. The van der Waals surface area contributed by atoms with Gasteiger partial charge in [0.15, 0.2) is 0 Å². The van der Waals surface area contributed by atoms with Crippen molar-refractivity contribution in [1.82, 2.24) is 10.6 Å². The zero-order chi connectivity index (χ0) is 16.8. The molecule has 0 heterocycles. The molecule has 0 radical (unpaired) electrons. The van der Waals surface area contributed by atoms with Gasteiger partial charge in [-0.25, -0.2) is 4.79 Å². The number of rotatable bonds is 5. The Morgan fingerprint density at radius 3 is 2.17 bits per heavy atom. The standard InChI is InChI=1S/C17H18ClN3O2/c1-11(12-7-9-14(18)10-8-12)20-15(16(22)21-17(19)23)13-5-3-2-4-6-13/h2-11,15,20H,1H3,(H3,19,21,22,23)/t11-,15-/m1/s1. The van der Waals surface area contributed by atoms with Crippen LogP contribution in [0.3, 0.4) is 0 Å². The molecule has 0 fully saturated rings. The van der Waals surface area contributed by atoms with Crippen molar-refractivity contribution in [3.05, 3.63) is 70.7 Å². The van der Waals surface area contributed by atoms with Gasteiger partial charge in [-0.15, -0.1) is 0 Å². The van der Waals surface area contributed by atoms with Crippen LogP contribution in [-0.2, 0) is 4.79 Å². The lowest BCUT2D eigenvalue weighted by atomic mass is 10.0. The van der Waals surface area contributed by atoms with Gasteiger partial charge >= 0.3 is 6.03 Å². The molecule has 6 heteroatoms. The Labute approximate surface area is 139 Å². The average Bonchev–Trinajstić information content (AvgIpc) is 2.53. The monoisotopic (exact) mass is 331 g/mol. The van der Waals surface area contributed by atoms with Crippen molar-refractivity contribution < 1.29 is 9.59 Å². The fraction of sp³-hybridized carbons (Fsp3) is 0.176. The average molecular weight is 332 g/mol. The molecule has 3 amide bonds. The van der Waals surface area contributed by atoms with E-state index in [1.54, 1.807) is 12.1 Å². The molecule has 0 spiro atoms. The van der Waals surface area contributed by atoms with E-state index < -0.39 is 18.0 Å². The lowest BCUT2D eigenvalue weighted by molar-refractivity contribution is -0.122. The Morgan fingerprint density at radius 2 is 1.61 bits per heavy atom. The minimum Gasteiger partial charge on any atom is -0.351 e. The summed E-state index contributed by atoms with van der Waals surface area (Å²) in [5.41, 5.74) is 6.77. The van der Waals surface area contributed by atoms with E-state index in [1.165, 1.54) is 0 Å². The van der Waals surface area contributed by atoms with E-state index in [4.69, 9.17) is 17.3 Å². The second-order valence-electron chi connectivity index (χ2n) is 5.14. The number of carbonyl (C=O) groups is 2. The second-order valence-corrected chi connectivity index (χ2v) is 5.57. The van der Waals surface area contributed by atoms with Crippen LogP contribution in [0, 0.1) is 0 Å². The highest BCUT2D eigenvalue weighted by Crippen LogP contribution is 2.21. The van der Waals surface area contributed by atoms with Gasteiger partial charge in [0.25, 0.3) is 0 Å². The zero-order valence-electron chi connectivity index (χ0n) is 12.6. The van der Waals surface area contributed by atoms with Crippen molar-refractivity contribution in [2.75, 3.05) is 0 Å². The Balaban J connectivity index is 2.21. The molecule has 5 nitrogen and oxygen atoms in total. The van der Waals surface area contributed by atoms with Gasteiger partial charge in [-0.3, -0.25) is 15.4 Å². The smallest absolute Gasteiger partial charge is 0.318 e. The minimum atomic E-state index is -0.878. The summed E-state index contributed by atoms with van der Waals surface area (Å²) in [6, 6.07) is 14.8. The maximum absolute atomic E-state index is 12.3. The number of halogens is 1. The number of imide groups is 1. The molecule has 2 aromatic rings. The van der Waals surface area contributed by atoms with Crippen LogP contribution in [0.25, 0.3) is 0 Å². The SMILES string of the molecule is C[C@@H](N[C@@H](C(=O)NC(N)=O)c1ccccc1)c1ccc(Cl)cc1. The molecular formula is C17H18ClN3O2. The molecule has 120 valence electrons. The van der Waals surface area contributed by atoms with Gasteiger partial charge in [-0.05, 0) is 30.2 Å². The first-order chi connectivity index (χ1) is 11.0. The van der Waals surface area contributed by atoms with E-state index in [2.05, 4.69) is 10.6 Å². The molecule has 2 rings (SSSR count). The van der Waals surface area contributed by atoms with Gasteiger partial charge in [0, 0.05) is 11.1 Å². The lowest BCUT2D eigenvalue weighted by Crippen LogP contribution is -2.43. The fourth-order valence-electron chi connectivity index (χ4n) is 2.26. The number of urea groups is 1. The molecule has 0 aliphatic heterocycles. The molecule has 0 bridgehead atoms. The molecule has 0 unspecified atom stereocenters. The number of amides is 3. The maximum atomic E-state index is 12.3. The van der Waals surface area contributed by atoms with Crippen molar-refractivity contribution in [2.24, 2.45) is 5.73 Å². The first-order valence-electron chi connectivity index (χ1n) is 7.14. The van der Waals surface area contributed by atoms with Gasteiger partial charge in [0.2, 0.25) is 5.91 Å². The second kappa shape index (κ2) is 7.76. The Morgan fingerprint density at radius 1 is 1.00 bits per heavy atom. The first kappa shape index (κ1) is 17.0. The van der Waals surface area contributed by atoms with Crippen molar-refractivity contribution in [2.45, 2.75) is 19.0 Å². The molecule has 0 saturated heterocycles. The van der Waals surface area contributed by atoms with Crippen LogP contribution in [0.1, 0.15) is 30.1 Å². The van der Waals surface area contributed by atoms with Gasteiger partial charge in [0.1, 0.15) is 6.04 Å². The zero-order valence-corrected chi connectivity index (χ0v) is 13.4. The number of nitrogens with two attached hydrogens (primary N) is 1. The largest absolute Gasteiger partial charge is 0.351 e. The summed E-state index contributed by atoms with van der Waals surface area (Å²) in [4.78, 5) is 23.3. The van der Waals surface area contributed by atoms with Crippen molar-refractivity contribution >= 4 is 23.5 Å². The summed E-state index contributed by atoms with van der Waals surface area (Å²) < 4.78 is 0. The minimum absolute atomic E-state index is 0.129. The van der Waals surface area contributed by atoms with Crippen molar-refractivity contribution in [3.8, 4) is 0 Å². The van der Waals surface area contributed by atoms with Crippen LogP contribution < -0.4 is 16.4 Å². The Bertz CT molecular complexity index is 674. The molecule has 0 aromatic heterocycles. The number of primary amides is 1. The van der Waals surface area contributed by atoms with E-state index >= 15 is 0 Å². The third-order valence-electron chi connectivity index (χ3n) is 3.43. The summed E-state index contributed by atoms with van der Waals surface area (Å²) in [7, 11) is 0. The van der Waals surface area contributed by atoms with Gasteiger partial charge < -0.3 is 5.73 Å². The van der Waals surface area contributed by atoms with Gasteiger partial charge in [0.05, 0.1) is 0 Å². The van der Waals surface area contributed by atoms with Crippen LogP contribution in [0.5, 0.6) is 0 Å². The summed E-state index contributed by atoms with van der Waals surface area (Å²) in [5, 5.41) is 5.98. The predicted octanol–water partition coefficient (Wildman–Crippen LogP) is 2.93. The van der Waals surface area contributed by atoms with Crippen LogP contribution >= 0.6 is 11.6 Å². The molecule has 2 aromatic carbocycles. The number of carbonyl (C=O) groups excluding carboxylic acids is 2. The van der Waals surface area contributed by atoms with Crippen LogP contribution in [-0.4, -0.2) is 11.9 Å². The van der Waals surface area contributed by atoms with E-state index in [0.717, 1.165) is 11.1 Å². The van der Waals surface area contributed by atoms with E-state index in [1.807, 2.05) is 49.4 Å². The fourth-order valence-corrected chi connectivity index (χ4v) is 2.39. The topological polar surface area (TPSA) is 84.2 Å². The van der Waals surface area contributed by atoms with Gasteiger partial charge in [-0.2, -0.15) is 0 Å². The highest BCUT2D eigenvalue weighted by atomic mass is 35.5. The van der Waals surface area contributed by atoms with Crippen molar-refractivity contribution in [1.29, 1.82) is 0 Å². The molecule has 0 aliphatic rings.